The number of ketones is 3. The lowest BCUT2D eigenvalue weighted by atomic mass is 9.70. The molecule has 0 radical (unpaired) electrons. The molecule has 5 unspecified atom stereocenters. The van der Waals surface area contributed by atoms with Gasteiger partial charge in [0.1, 0.15) is 41.3 Å². The summed E-state index contributed by atoms with van der Waals surface area (Å²) < 4.78 is 5.81. The minimum absolute atomic E-state index is 0.0278. The molecule has 1 aliphatic heterocycles. The molecule has 1 fully saturated rings. The SMILES string of the molecule is Cc1cc(O)c2c(c1)C(C1OCC(O)C(O)C1O)c1ccc(-c3c(C)cc(O)c4c3C(=O)c3cccc(O)c3C4=O)c(O)c1C2=O. The van der Waals surface area contributed by atoms with Gasteiger partial charge in [-0.25, -0.2) is 0 Å². The van der Waals surface area contributed by atoms with Crippen molar-refractivity contribution in [2.45, 2.75) is 44.2 Å². The molecule has 0 saturated carbocycles. The third kappa shape index (κ3) is 3.96. The van der Waals surface area contributed by atoms with Crippen molar-refractivity contribution in [2.75, 3.05) is 6.61 Å². The molecule has 4 aromatic rings. The van der Waals surface area contributed by atoms with E-state index in [2.05, 4.69) is 0 Å². The fourth-order valence-corrected chi connectivity index (χ4v) is 7.19. The Kier molecular flexibility index (Phi) is 6.59. The van der Waals surface area contributed by atoms with Gasteiger partial charge in [-0.1, -0.05) is 30.3 Å². The number of aromatic hydroxyl groups is 4. The molecule has 1 saturated heterocycles. The van der Waals surface area contributed by atoms with E-state index in [9.17, 15) is 50.1 Å². The Balaban J connectivity index is 1.49. The highest BCUT2D eigenvalue weighted by molar-refractivity contribution is 6.32. The number of carbonyl (C=O) groups excluding carboxylic acids is 3. The number of carbonyl (C=O) groups is 3. The van der Waals surface area contributed by atoms with Crippen LogP contribution in [0, 0.1) is 13.8 Å². The van der Waals surface area contributed by atoms with E-state index in [0.717, 1.165) is 0 Å². The average molecular weight is 625 g/mol. The summed E-state index contributed by atoms with van der Waals surface area (Å²) in [6, 6.07) is 11.2. The Hall–Kier alpha value is -5.07. The van der Waals surface area contributed by atoms with Crippen molar-refractivity contribution in [1.29, 1.82) is 0 Å². The summed E-state index contributed by atoms with van der Waals surface area (Å²) in [5, 5.41) is 75.7. The number of aryl methyl sites for hydroxylation is 2. The Bertz CT molecular complexity index is 2050. The van der Waals surface area contributed by atoms with Crippen molar-refractivity contribution in [3.63, 3.8) is 0 Å². The second-order valence-corrected chi connectivity index (χ2v) is 12.0. The maximum atomic E-state index is 14.1. The number of fused-ring (bicyclic) bond motifs is 4. The normalized spacial score (nSPS) is 23.4. The van der Waals surface area contributed by atoms with Crippen LogP contribution in [0.15, 0.2) is 48.5 Å². The van der Waals surface area contributed by atoms with E-state index in [4.69, 9.17) is 4.74 Å². The van der Waals surface area contributed by atoms with Gasteiger partial charge in [-0.3, -0.25) is 14.4 Å². The molecule has 0 amide bonds. The Morgan fingerprint density at radius 1 is 0.630 bits per heavy atom. The molecule has 2 aliphatic carbocycles. The highest BCUT2D eigenvalue weighted by atomic mass is 16.5. The Morgan fingerprint density at radius 2 is 1.33 bits per heavy atom. The van der Waals surface area contributed by atoms with E-state index < -0.39 is 64.9 Å². The second kappa shape index (κ2) is 10.2. The highest BCUT2D eigenvalue weighted by Gasteiger charge is 2.48. The van der Waals surface area contributed by atoms with E-state index in [1.807, 2.05) is 0 Å². The molecule has 11 heteroatoms. The molecule has 4 aromatic carbocycles. The maximum absolute atomic E-state index is 14.1. The first kappa shape index (κ1) is 29.6. The van der Waals surface area contributed by atoms with E-state index in [1.165, 1.54) is 42.5 Å². The largest absolute Gasteiger partial charge is 0.507 e. The summed E-state index contributed by atoms with van der Waals surface area (Å²) in [5.41, 5.74) is 0.00736. The summed E-state index contributed by atoms with van der Waals surface area (Å²) >= 11 is 0. The number of benzene rings is 4. The number of phenolic OH excluding ortho intramolecular Hbond substituents is 4. The highest BCUT2D eigenvalue weighted by Crippen LogP contribution is 2.51. The number of aliphatic hydroxyl groups excluding tert-OH is 3. The molecule has 7 rings (SSSR count). The summed E-state index contributed by atoms with van der Waals surface area (Å²) in [5.74, 6) is -5.17. The first-order valence-corrected chi connectivity index (χ1v) is 14.5. The van der Waals surface area contributed by atoms with Gasteiger partial charge >= 0.3 is 0 Å². The van der Waals surface area contributed by atoms with Crippen molar-refractivity contribution in [2.24, 2.45) is 0 Å². The fourth-order valence-electron chi connectivity index (χ4n) is 7.19. The Morgan fingerprint density at radius 3 is 2.07 bits per heavy atom. The smallest absolute Gasteiger partial charge is 0.201 e. The summed E-state index contributed by atoms with van der Waals surface area (Å²) in [4.78, 5) is 41.6. The van der Waals surface area contributed by atoms with E-state index in [-0.39, 0.29) is 73.6 Å². The zero-order chi connectivity index (χ0) is 32.9. The quantitative estimate of drug-likeness (QED) is 0.152. The van der Waals surface area contributed by atoms with Crippen LogP contribution in [-0.4, -0.2) is 84.1 Å². The minimum Gasteiger partial charge on any atom is -0.507 e. The topological polar surface area (TPSA) is 202 Å². The molecule has 11 nitrogen and oxygen atoms in total. The van der Waals surface area contributed by atoms with Gasteiger partial charge in [-0.05, 0) is 54.3 Å². The standard InChI is InChI=1S/C35H28O11/c1-12-8-17-23(35-34(45)31(42)21(39)11-46-35)14-6-7-16(29(40)26(14)32(43)25(17)19(37)9-12)22-13(2)10-20(38)27-28(22)30(41)15-4-3-5-18(36)24(15)33(27)44/h3-10,21,23,31,34-40,42,45H,11H2,1-2H3. The lowest BCUT2D eigenvalue weighted by Gasteiger charge is -2.42. The predicted octanol–water partition coefficient (Wildman–Crippen LogP) is 2.73. The van der Waals surface area contributed by atoms with Gasteiger partial charge in [-0.2, -0.15) is 0 Å². The maximum Gasteiger partial charge on any atom is 0.201 e. The molecule has 1 heterocycles. The molecule has 0 aromatic heterocycles. The molecule has 46 heavy (non-hydrogen) atoms. The van der Waals surface area contributed by atoms with Gasteiger partial charge in [0, 0.05) is 28.2 Å². The molecular formula is C35H28O11. The van der Waals surface area contributed by atoms with Gasteiger partial charge in [0.2, 0.25) is 11.6 Å². The molecule has 3 aliphatic rings. The average Bonchev–Trinajstić information content (AvgIpc) is 2.99. The van der Waals surface area contributed by atoms with E-state index in [1.54, 1.807) is 19.9 Å². The number of ether oxygens (including phenoxy) is 1. The molecule has 234 valence electrons. The number of hydrogen-bond acceptors (Lipinski definition) is 11. The van der Waals surface area contributed by atoms with Crippen LogP contribution in [0.4, 0.5) is 0 Å². The van der Waals surface area contributed by atoms with Gasteiger partial charge in [0.25, 0.3) is 0 Å². The molecular weight excluding hydrogens is 596 g/mol. The second-order valence-electron chi connectivity index (χ2n) is 12.0. The van der Waals surface area contributed by atoms with Crippen molar-refractivity contribution >= 4 is 17.3 Å². The first-order chi connectivity index (χ1) is 21.8. The number of rotatable bonds is 2. The summed E-state index contributed by atoms with van der Waals surface area (Å²) in [6.07, 6.45) is -5.76. The van der Waals surface area contributed by atoms with Crippen LogP contribution in [0.5, 0.6) is 23.0 Å². The number of hydrogen-bond donors (Lipinski definition) is 7. The molecule has 7 N–H and O–H groups in total. The number of phenols is 4. The van der Waals surface area contributed by atoms with E-state index >= 15 is 0 Å². The lowest BCUT2D eigenvalue weighted by Crippen LogP contribution is -2.55. The third-order valence-electron chi connectivity index (χ3n) is 9.24. The van der Waals surface area contributed by atoms with Gasteiger partial charge < -0.3 is 40.5 Å². The van der Waals surface area contributed by atoms with Crippen molar-refractivity contribution in [3.8, 4) is 34.1 Å². The number of aliphatic hydroxyl groups is 3. The van der Waals surface area contributed by atoms with Crippen LogP contribution in [0.25, 0.3) is 11.1 Å². The van der Waals surface area contributed by atoms with Crippen molar-refractivity contribution in [1.82, 2.24) is 0 Å². The summed E-state index contributed by atoms with van der Waals surface area (Å²) in [6.45, 7) is 2.92. The predicted molar refractivity (Wildman–Crippen MR) is 161 cm³/mol. The van der Waals surface area contributed by atoms with Crippen molar-refractivity contribution in [3.05, 3.63) is 104 Å². The zero-order valence-corrected chi connectivity index (χ0v) is 24.5. The van der Waals surface area contributed by atoms with Crippen LogP contribution in [0.3, 0.4) is 0 Å². The van der Waals surface area contributed by atoms with Gasteiger partial charge in [0.05, 0.1) is 35.0 Å². The Labute approximate surface area is 261 Å². The van der Waals surface area contributed by atoms with Crippen LogP contribution in [0.1, 0.15) is 75.9 Å². The fraction of sp³-hybridized carbons (Fsp3) is 0.229. The van der Waals surface area contributed by atoms with Crippen LogP contribution >= 0.6 is 0 Å². The third-order valence-corrected chi connectivity index (χ3v) is 9.24. The first-order valence-electron chi connectivity index (χ1n) is 14.5. The zero-order valence-electron chi connectivity index (χ0n) is 24.5. The summed E-state index contributed by atoms with van der Waals surface area (Å²) in [7, 11) is 0. The minimum atomic E-state index is -1.61. The van der Waals surface area contributed by atoms with Crippen LogP contribution < -0.4 is 0 Å². The monoisotopic (exact) mass is 624 g/mol. The molecule has 0 bridgehead atoms. The van der Waals surface area contributed by atoms with Gasteiger partial charge in [-0.15, -0.1) is 0 Å². The molecule has 5 atom stereocenters. The van der Waals surface area contributed by atoms with Crippen molar-refractivity contribution < 1.29 is 54.9 Å². The lowest BCUT2D eigenvalue weighted by molar-refractivity contribution is -0.190. The van der Waals surface area contributed by atoms with Gasteiger partial charge in [0.15, 0.2) is 5.78 Å². The molecule has 0 spiro atoms. The van der Waals surface area contributed by atoms with Crippen LogP contribution in [-0.2, 0) is 4.74 Å². The van der Waals surface area contributed by atoms with E-state index in [0.29, 0.717) is 5.56 Å². The van der Waals surface area contributed by atoms with Crippen LogP contribution in [0.2, 0.25) is 0 Å².